The Morgan fingerprint density at radius 2 is 1.06 bits per heavy atom. The van der Waals surface area contributed by atoms with Gasteiger partial charge >= 0.3 is 0 Å². The van der Waals surface area contributed by atoms with Gasteiger partial charge in [-0.15, -0.1) is 11.3 Å². The molecular weight excluding hydrogens is 797 g/mol. The van der Waals surface area contributed by atoms with Crippen LogP contribution in [-0.4, -0.2) is 19.1 Å². The summed E-state index contributed by atoms with van der Waals surface area (Å²) in [6.45, 7) is 4.81. The fraction of sp³-hybridized carbons (Fsp3) is 0.0508. The number of aromatic nitrogens is 4. The highest BCUT2D eigenvalue weighted by molar-refractivity contribution is 7.26. The first-order chi connectivity index (χ1) is 31.5. The quantitative estimate of drug-likeness (QED) is 0.177. The first-order valence-electron chi connectivity index (χ1n) is 22.0. The number of hydrogen-bond donors (Lipinski definition) is 0. The second-order valence-electron chi connectivity index (χ2n) is 17.7. The molecule has 300 valence electrons. The molecule has 0 aliphatic heterocycles. The largest absolute Gasteiger partial charge is 0.309 e. The van der Waals surface area contributed by atoms with Crippen LogP contribution in [0.2, 0.25) is 0 Å². The lowest BCUT2D eigenvalue weighted by atomic mass is 9.80. The van der Waals surface area contributed by atoms with Crippen LogP contribution in [0.25, 0.3) is 120 Å². The third kappa shape index (κ3) is 4.76. The Balaban J connectivity index is 1.09. The molecule has 1 aliphatic carbocycles. The van der Waals surface area contributed by atoms with Gasteiger partial charge in [0.05, 0.1) is 33.3 Å². The maximum Gasteiger partial charge on any atom is 0.235 e. The molecule has 0 amide bonds. The van der Waals surface area contributed by atoms with Crippen LogP contribution in [0, 0.1) is 0 Å². The molecule has 4 nitrogen and oxygen atoms in total. The van der Waals surface area contributed by atoms with Crippen molar-refractivity contribution in [3.05, 3.63) is 205 Å². The van der Waals surface area contributed by atoms with Crippen molar-refractivity contribution in [3.8, 4) is 45.1 Å². The predicted molar refractivity (Wildman–Crippen MR) is 270 cm³/mol. The summed E-state index contributed by atoms with van der Waals surface area (Å²) in [5, 5.41) is 8.57. The van der Waals surface area contributed by atoms with E-state index in [0.29, 0.717) is 5.95 Å². The summed E-state index contributed by atoms with van der Waals surface area (Å²) in [6.07, 6.45) is 0. The van der Waals surface area contributed by atoms with Crippen molar-refractivity contribution in [2.24, 2.45) is 0 Å². The Kier molecular flexibility index (Phi) is 7.30. The lowest BCUT2D eigenvalue weighted by Crippen LogP contribution is -2.15. The molecule has 0 saturated carbocycles. The molecule has 13 aromatic rings. The summed E-state index contributed by atoms with van der Waals surface area (Å²) < 4.78 is 7.50. The van der Waals surface area contributed by atoms with Crippen LogP contribution >= 0.6 is 11.3 Å². The Hall–Kier alpha value is -7.86. The fourth-order valence-electron chi connectivity index (χ4n) is 11.2. The van der Waals surface area contributed by atoms with Gasteiger partial charge in [-0.2, -0.15) is 0 Å². The van der Waals surface area contributed by atoms with Gasteiger partial charge in [0.1, 0.15) is 0 Å². The van der Waals surface area contributed by atoms with E-state index in [4.69, 9.17) is 9.97 Å². The van der Waals surface area contributed by atoms with Gasteiger partial charge in [-0.3, -0.25) is 4.57 Å². The van der Waals surface area contributed by atoms with E-state index in [0.717, 1.165) is 38.9 Å². The summed E-state index contributed by atoms with van der Waals surface area (Å²) in [7, 11) is 0. The second kappa shape index (κ2) is 13.1. The number of benzene rings is 9. The van der Waals surface area contributed by atoms with Gasteiger partial charge in [-0.05, 0) is 64.2 Å². The molecule has 9 aromatic carbocycles. The first kappa shape index (κ1) is 35.7. The molecule has 0 saturated heterocycles. The normalized spacial score (nSPS) is 13.3. The van der Waals surface area contributed by atoms with Crippen LogP contribution in [0.4, 0.5) is 0 Å². The van der Waals surface area contributed by atoms with Crippen LogP contribution < -0.4 is 0 Å². The maximum atomic E-state index is 5.66. The first-order valence-corrected chi connectivity index (χ1v) is 22.8. The topological polar surface area (TPSA) is 35.6 Å². The third-order valence-electron chi connectivity index (χ3n) is 13.9. The van der Waals surface area contributed by atoms with E-state index in [9.17, 15) is 0 Å². The zero-order valence-corrected chi connectivity index (χ0v) is 36.0. The van der Waals surface area contributed by atoms with E-state index in [1.165, 1.54) is 86.1 Å². The Morgan fingerprint density at radius 3 is 1.88 bits per heavy atom. The van der Waals surface area contributed by atoms with Crippen molar-refractivity contribution in [2.75, 3.05) is 0 Å². The number of thiophene rings is 1. The van der Waals surface area contributed by atoms with Gasteiger partial charge in [0, 0.05) is 69.3 Å². The van der Waals surface area contributed by atoms with Crippen molar-refractivity contribution in [1.29, 1.82) is 0 Å². The average molecular weight is 835 g/mol. The van der Waals surface area contributed by atoms with E-state index in [-0.39, 0.29) is 5.41 Å². The van der Waals surface area contributed by atoms with E-state index in [1.54, 1.807) is 0 Å². The summed E-state index contributed by atoms with van der Waals surface area (Å²) in [6, 6.07) is 70.6. The molecule has 0 spiro atoms. The van der Waals surface area contributed by atoms with Crippen LogP contribution in [0.1, 0.15) is 25.0 Å². The minimum atomic E-state index is -0.289. The van der Waals surface area contributed by atoms with E-state index in [1.807, 2.05) is 11.3 Å². The molecular formula is C59H38N4S. The molecule has 5 heteroatoms. The number of hydrogen-bond acceptors (Lipinski definition) is 3. The van der Waals surface area contributed by atoms with Gasteiger partial charge in [0.2, 0.25) is 5.95 Å². The minimum Gasteiger partial charge on any atom is -0.309 e. The molecule has 64 heavy (non-hydrogen) atoms. The fourth-order valence-corrected chi connectivity index (χ4v) is 12.4. The highest BCUT2D eigenvalue weighted by atomic mass is 32.1. The summed E-state index contributed by atoms with van der Waals surface area (Å²) in [5.74, 6) is 0.658. The van der Waals surface area contributed by atoms with Crippen molar-refractivity contribution in [3.63, 3.8) is 0 Å². The molecule has 0 fully saturated rings. The van der Waals surface area contributed by atoms with Crippen molar-refractivity contribution in [2.45, 2.75) is 19.3 Å². The SMILES string of the molecule is CC1(C)c2ccccc2-c2c1c1c3ccccc3n(-c3ccccc3)c1c1c3ccccc3n(-c3nc(-c4ccc(-c5cccc6c5sc5ccccc56)cc4)c4ccccc4n3)c21. The van der Waals surface area contributed by atoms with Crippen molar-refractivity contribution >= 4 is 86.0 Å². The van der Waals surface area contributed by atoms with Gasteiger partial charge < -0.3 is 4.57 Å². The zero-order valence-electron chi connectivity index (χ0n) is 35.2. The van der Waals surface area contributed by atoms with E-state index < -0.39 is 0 Å². The van der Waals surface area contributed by atoms with Gasteiger partial charge in [-0.25, -0.2) is 9.97 Å². The molecule has 4 heterocycles. The van der Waals surface area contributed by atoms with Crippen LogP contribution in [0.3, 0.4) is 0 Å². The highest BCUT2D eigenvalue weighted by Gasteiger charge is 2.41. The predicted octanol–water partition coefficient (Wildman–Crippen LogP) is 15.8. The van der Waals surface area contributed by atoms with E-state index >= 15 is 0 Å². The zero-order chi connectivity index (χ0) is 42.3. The number of nitrogens with zero attached hydrogens (tertiary/aromatic N) is 4. The van der Waals surface area contributed by atoms with Crippen LogP contribution in [0.15, 0.2) is 194 Å². The molecule has 14 rings (SSSR count). The molecule has 1 aliphatic rings. The number of fused-ring (bicyclic) bond motifs is 16. The Labute approximate surface area is 372 Å². The van der Waals surface area contributed by atoms with Gasteiger partial charge in [-0.1, -0.05) is 172 Å². The molecule has 0 unspecified atom stereocenters. The van der Waals surface area contributed by atoms with E-state index in [2.05, 4.69) is 217 Å². The molecule has 4 aromatic heterocycles. The second-order valence-corrected chi connectivity index (χ2v) is 18.7. The summed E-state index contributed by atoms with van der Waals surface area (Å²) >= 11 is 1.87. The highest BCUT2D eigenvalue weighted by Crippen LogP contribution is 2.58. The van der Waals surface area contributed by atoms with Gasteiger partial charge in [0.25, 0.3) is 0 Å². The maximum absolute atomic E-state index is 5.66. The Morgan fingerprint density at radius 1 is 0.453 bits per heavy atom. The molecule has 0 atom stereocenters. The molecule has 0 radical (unpaired) electrons. The number of rotatable bonds is 4. The molecule has 0 N–H and O–H groups in total. The average Bonchev–Trinajstić information content (AvgIpc) is 4.07. The lowest BCUT2D eigenvalue weighted by Gasteiger charge is -2.23. The van der Waals surface area contributed by atoms with Gasteiger partial charge in [0.15, 0.2) is 0 Å². The standard InChI is InChI=1S/C59H38N4S/c1-59(2)45-26-11-6-20-41(45)50-53(59)51-43-22-8-13-28-47(43)62(37-17-4-3-5-18-37)55(51)52-44-23-9-14-29-48(44)63(56(50)52)58-60-46-27-12-7-21-42(46)54(61-58)36-33-31-35(32-34-36)38-24-16-25-40-39-19-10-15-30-49(39)64-57(38)40/h3-34H,1-2H3. The van der Waals surface area contributed by atoms with Crippen LogP contribution in [-0.2, 0) is 5.41 Å². The molecule has 0 bridgehead atoms. The number of para-hydroxylation sites is 4. The Bertz CT molecular complexity index is 4090. The summed E-state index contributed by atoms with van der Waals surface area (Å²) in [4.78, 5) is 11.2. The minimum absolute atomic E-state index is 0.289. The monoisotopic (exact) mass is 834 g/mol. The van der Waals surface area contributed by atoms with Crippen LogP contribution in [0.5, 0.6) is 0 Å². The van der Waals surface area contributed by atoms with Crippen molar-refractivity contribution < 1.29 is 0 Å². The lowest BCUT2D eigenvalue weighted by molar-refractivity contribution is 0.667. The van der Waals surface area contributed by atoms with Crippen molar-refractivity contribution in [1.82, 2.24) is 19.1 Å². The third-order valence-corrected chi connectivity index (χ3v) is 15.1. The smallest absolute Gasteiger partial charge is 0.235 e. The summed E-state index contributed by atoms with van der Waals surface area (Å²) in [5.41, 5.74) is 16.0.